The first-order chi connectivity index (χ1) is 14.4. The second-order valence-electron chi connectivity index (χ2n) is 7.74. The average Bonchev–Trinajstić information content (AvgIpc) is 3.21. The highest BCUT2D eigenvalue weighted by molar-refractivity contribution is 5.77. The molecule has 2 aromatic carbocycles. The van der Waals surface area contributed by atoms with E-state index in [1.54, 1.807) is 0 Å². The van der Waals surface area contributed by atoms with Gasteiger partial charge in [-0.05, 0) is 60.1 Å². The molecule has 1 unspecified atom stereocenters. The van der Waals surface area contributed by atoms with Gasteiger partial charge in [0.05, 0.1) is 0 Å². The third kappa shape index (κ3) is 6.32. The van der Waals surface area contributed by atoms with Crippen molar-refractivity contribution in [3.63, 3.8) is 0 Å². The van der Waals surface area contributed by atoms with Gasteiger partial charge in [0.1, 0.15) is 5.82 Å². The van der Waals surface area contributed by atoms with Crippen LogP contribution in [0.15, 0.2) is 48.8 Å². The first kappa shape index (κ1) is 25.7. The summed E-state index contributed by atoms with van der Waals surface area (Å²) < 4.78 is 2.11. The first-order valence-electron chi connectivity index (χ1n) is 11.6. The van der Waals surface area contributed by atoms with Crippen molar-refractivity contribution in [2.45, 2.75) is 80.6 Å². The largest absolute Gasteiger partial charge is 0.334 e. The van der Waals surface area contributed by atoms with E-state index in [1.807, 2.05) is 26.2 Å². The number of imidazole rings is 1. The number of nitrogens with zero attached hydrogens (tertiary/aromatic N) is 2. The molecule has 164 valence electrons. The van der Waals surface area contributed by atoms with Crippen LogP contribution in [0.5, 0.6) is 0 Å². The normalized spacial score (nSPS) is 11.1. The molecule has 0 aliphatic rings. The highest BCUT2D eigenvalue weighted by Crippen LogP contribution is 2.37. The van der Waals surface area contributed by atoms with Gasteiger partial charge >= 0.3 is 0 Å². The maximum atomic E-state index is 4.61. The Bertz CT molecular complexity index is 887. The van der Waals surface area contributed by atoms with E-state index in [4.69, 9.17) is 0 Å². The number of aryl methyl sites for hydroxylation is 3. The minimum atomic E-state index is 0.515. The van der Waals surface area contributed by atoms with E-state index >= 15 is 0 Å². The van der Waals surface area contributed by atoms with Crippen molar-refractivity contribution in [3.8, 4) is 22.5 Å². The molecule has 3 rings (SSSR count). The molecule has 0 bridgehead atoms. The van der Waals surface area contributed by atoms with Crippen molar-refractivity contribution in [2.75, 3.05) is 0 Å². The van der Waals surface area contributed by atoms with Crippen LogP contribution in [0.1, 0.15) is 83.4 Å². The molecule has 0 amide bonds. The number of rotatable bonds is 5. The summed E-state index contributed by atoms with van der Waals surface area (Å²) in [6.45, 7) is 17.3. The molecule has 0 saturated carbocycles. The van der Waals surface area contributed by atoms with E-state index in [1.165, 1.54) is 46.2 Å². The smallest absolute Gasteiger partial charge is 0.139 e. The van der Waals surface area contributed by atoms with E-state index in [2.05, 4.69) is 94.5 Å². The van der Waals surface area contributed by atoms with E-state index in [0.29, 0.717) is 5.92 Å². The molecule has 2 nitrogen and oxygen atoms in total. The van der Waals surface area contributed by atoms with Crippen LogP contribution in [0, 0.1) is 13.8 Å². The van der Waals surface area contributed by atoms with Gasteiger partial charge in [-0.15, -0.1) is 0 Å². The van der Waals surface area contributed by atoms with Crippen molar-refractivity contribution in [1.82, 2.24) is 9.55 Å². The fourth-order valence-corrected chi connectivity index (χ4v) is 3.34. The Labute approximate surface area is 185 Å². The Morgan fingerprint density at radius 2 is 1.50 bits per heavy atom. The maximum absolute atomic E-state index is 4.61. The summed E-state index contributed by atoms with van der Waals surface area (Å²) in [5.74, 6) is 1.56. The molecule has 1 aromatic heterocycles. The zero-order chi connectivity index (χ0) is 22.7. The fraction of sp³-hybridized carbons (Fsp3) is 0.464. The molecule has 0 aliphatic carbocycles. The monoisotopic (exact) mass is 406 g/mol. The Morgan fingerprint density at radius 1 is 0.867 bits per heavy atom. The lowest BCUT2D eigenvalue weighted by atomic mass is 9.87. The average molecular weight is 407 g/mol. The minimum absolute atomic E-state index is 0.515. The van der Waals surface area contributed by atoms with E-state index in [0.717, 1.165) is 12.2 Å². The predicted molar refractivity (Wildman–Crippen MR) is 134 cm³/mol. The van der Waals surface area contributed by atoms with Gasteiger partial charge in [0.2, 0.25) is 0 Å². The van der Waals surface area contributed by atoms with Gasteiger partial charge in [0, 0.05) is 25.0 Å². The summed E-state index contributed by atoms with van der Waals surface area (Å²) in [5.41, 5.74) is 7.89. The second-order valence-corrected chi connectivity index (χ2v) is 7.74. The van der Waals surface area contributed by atoms with Crippen molar-refractivity contribution < 1.29 is 0 Å². The lowest BCUT2D eigenvalue weighted by molar-refractivity contribution is 0.732. The molecule has 2 heteroatoms. The Morgan fingerprint density at radius 3 is 2.00 bits per heavy atom. The third-order valence-corrected chi connectivity index (χ3v) is 5.54. The summed E-state index contributed by atoms with van der Waals surface area (Å²) in [5, 5.41) is 0. The van der Waals surface area contributed by atoms with Gasteiger partial charge in [0.15, 0.2) is 0 Å². The van der Waals surface area contributed by atoms with Crippen molar-refractivity contribution in [1.29, 1.82) is 0 Å². The molecule has 0 N–H and O–H groups in total. The lowest BCUT2D eigenvalue weighted by Gasteiger charge is -2.19. The summed E-state index contributed by atoms with van der Waals surface area (Å²) >= 11 is 0. The minimum Gasteiger partial charge on any atom is -0.334 e. The standard InChI is InChI=1S/C22H26N2.C4H10.C2H6/c1-6-15(2)19-13-17(4)20(18-10-8-7-9-16(18)3)14-21(19)22-23-11-12-24(22)5;1-3-4-2;1-2/h7-15H,6H2,1-5H3;3-4H2,1-2H3;1-2H3. The zero-order valence-electron chi connectivity index (χ0n) is 20.7. The van der Waals surface area contributed by atoms with Crippen molar-refractivity contribution in [3.05, 3.63) is 65.5 Å². The van der Waals surface area contributed by atoms with Crippen LogP contribution >= 0.6 is 0 Å². The van der Waals surface area contributed by atoms with Crippen LogP contribution in [-0.4, -0.2) is 9.55 Å². The number of aromatic nitrogens is 2. The second kappa shape index (κ2) is 13.1. The Balaban J connectivity index is 0.000000673. The Kier molecular flexibility index (Phi) is 11.2. The SMILES string of the molecule is CC.CCC(C)c1cc(C)c(-c2ccccc2C)cc1-c1nccn1C.CCCC. The van der Waals surface area contributed by atoms with Crippen molar-refractivity contribution >= 4 is 0 Å². The molecule has 0 fully saturated rings. The quantitative estimate of drug-likeness (QED) is 0.414. The fourth-order valence-electron chi connectivity index (χ4n) is 3.34. The summed E-state index contributed by atoms with van der Waals surface area (Å²) in [4.78, 5) is 4.61. The van der Waals surface area contributed by atoms with E-state index in [9.17, 15) is 0 Å². The summed E-state index contributed by atoms with van der Waals surface area (Å²) in [6.07, 6.45) is 7.66. The molecule has 0 spiro atoms. The van der Waals surface area contributed by atoms with Gasteiger partial charge < -0.3 is 4.57 Å². The van der Waals surface area contributed by atoms with Crippen LogP contribution in [0.3, 0.4) is 0 Å². The maximum Gasteiger partial charge on any atom is 0.139 e. The van der Waals surface area contributed by atoms with E-state index in [-0.39, 0.29) is 0 Å². The summed E-state index contributed by atoms with van der Waals surface area (Å²) in [6, 6.07) is 13.3. The van der Waals surface area contributed by atoms with Gasteiger partial charge in [-0.2, -0.15) is 0 Å². The highest BCUT2D eigenvalue weighted by atomic mass is 15.0. The van der Waals surface area contributed by atoms with Crippen molar-refractivity contribution in [2.24, 2.45) is 7.05 Å². The summed E-state index contributed by atoms with van der Waals surface area (Å²) in [7, 11) is 2.07. The molecule has 0 saturated heterocycles. The molecule has 30 heavy (non-hydrogen) atoms. The highest BCUT2D eigenvalue weighted by Gasteiger charge is 2.17. The van der Waals surface area contributed by atoms with E-state index < -0.39 is 0 Å². The first-order valence-corrected chi connectivity index (χ1v) is 11.6. The molecule has 1 heterocycles. The van der Waals surface area contributed by atoms with Crippen LogP contribution < -0.4 is 0 Å². The molecular formula is C28H42N2. The van der Waals surface area contributed by atoms with Crippen LogP contribution in [0.25, 0.3) is 22.5 Å². The number of unbranched alkanes of at least 4 members (excludes halogenated alkanes) is 1. The predicted octanol–water partition coefficient (Wildman–Crippen LogP) is 8.72. The van der Waals surface area contributed by atoms with Gasteiger partial charge in [-0.1, -0.05) is 84.7 Å². The Hall–Kier alpha value is -2.35. The lowest BCUT2D eigenvalue weighted by Crippen LogP contribution is -2.02. The van der Waals surface area contributed by atoms with Crippen LogP contribution in [0.4, 0.5) is 0 Å². The zero-order valence-corrected chi connectivity index (χ0v) is 20.7. The number of hydrogen-bond donors (Lipinski definition) is 0. The number of hydrogen-bond acceptors (Lipinski definition) is 1. The van der Waals surface area contributed by atoms with Crippen LogP contribution in [-0.2, 0) is 7.05 Å². The van der Waals surface area contributed by atoms with Crippen LogP contribution in [0.2, 0.25) is 0 Å². The topological polar surface area (TPSA) is 17.8 Å². The molecule has 3 aromatic rings. The van der Waals surface area contributed by atoms with Gasteiger partial charge in [0.25, 0.3) is 0 Å². The van der Waals surface area contributed by atoms with Gasteiger partial charge in [-0.25, -0.2) is 4.98 Å². The number of benzene rings is 2. The molecule has 0 radical (unpaired) electrons. The molecule has 1 atom stereocenters. The third-order valence-electron chi connectivity index (χ3n) is 5.54. The van der Waals surface area contributed by atoms with Gasteiger partial charge in [-0.3, -0.25) is 0 Å². The molecule has 0 aliphatic heterocycles. The molecular weight excluding hydrogens is 364 g/mol.